The van der Waals surface area contributed by atoms with Gasteiger partial charge >= 0.3 is 0 Å². The number of anilines is 3. The molecule has 124 valence electrons. The zero-order valence-corrected chi connectivity index (χ0v) is 14.0. The molecule has 4 rings (SSSR count). The second-order valence-electron chi connectivity index (χ2n) is 6.67. The lowest BCUT2D eigenvalue weighted by atomic mass is 9.84. The average molecular weight is 323 g/mol. The Morgan fingerprint density at radius 3 is 2.58 bits per heavy atom. The fraction of sp³-hybridized carbons (Fsp3) is 0.389. The molecule has 0 saturated carbocycles. The first-order chi connectivity index (χ1) is 11.6. The Labute approximate surface area is 141 Å². The number of carbonyl (C=O) groups is 1. The van der Waals surface area contributed by atoms with Crippen LogP contribution in [0.2, 0.25) is 0 Å². The van der Waals surface area contributed by atoms with Crippen molar-refractivity contribution in [2.75, 3.05) is 28.6 Å². The smallest absolute Gasteiger partial charge is 0.250 e. The Kier molecular flexibility index (Phi) is 3.40. The Morgan fingerprint density at radius 2 is 1.83 bits per heavy atom. The fourth-order valence-electron chi connectivity index (χ4n) is 3.53. The molecular formula is C18H21N5O. The quantitative estimate of drug-likeness (QED) is 0.844. The Balaban J connectivity index is 1.56. The molecule has 1 aromatic carbocycles. The minimum atomic E-state index is -0.532. The predicted molar refractivity (Wildman–Crippen MR) is 94.4 cm³/mol. The molecule has 2 aliphatic rings. The van der Waals surface area contributed by atoms with Crippen LogP contribution in [0.5, 0.6) is 0 Å². The first kappa shape index (κ1) is 14.9. The predicted octanol–water partition coefficient (Wildman–Crippen LogP) is 2.50. The van der Waals surface area contributed by atoms with Crippen LogP contribution < -0.4 is 15.5 Å². The molecule has 1 spiro atoms. The van der Waals surface area contributed by atoms with Gasteiger partial charge in [0.15, 0.2) is 5.82 Å². The monoisotopic (exact) mass is 323 g/mol. The normalized spacial score (nSPS) is 18.8. The number of hydrogen-bond acceptors (Lipinski definition) is 5. The summed E-state index contributed by atoms with van der Waals surface area (Å²) < 4.78 is 0. The lowest BCUT2D eigenvalue weighted by Gasteiger charge is -2.44. The number of nitrogens with zero attached hydrogens (tertiary/aromatic N) is 3. The van der Waals surface area contributed by atoms with Gasteiger partial charge in [-0.1, -0.05) is 12.1 Å². The minimum Gasteiger partial charge on any atom is -0.369 e. The highest BCUT2D eigenvalue weighted by Crippen LogP contribution is 2.37. The van der Waals surface area contributed by atoms with Crippen LogP contribution >= 0.6 is 0 Å². The van der Waals surface area contributed by atoms with Crippen molar-refractivity contribution in [2.24, 2.45) is 0 Å². The molecule has 2 aliphatic heterocycles. The van der Waals surface area contributed by atoms with E-state index in [4.69, 9.17) is 0 Å². The van der Waals surface area contributed by atoms with Crippen LogP contribution in [0.15, 0.2) is 30.5 Å². The molecule has 2 N–H and O–H groups in total. The van der Waals surface area contributed by atoms with Gasteiger partial charge in [0.25, 0.3) is 0 Å². The van der Waals surface area contributed by atoms with Gasteiger partial charge in [-0.3, -0.25) is 4.79 Å². The van der Waals surface area contributed by atoms with E-state index < -0.39 is 5.54 Å². The van der Waals surface area contributed by atoms with Crippen molar-refractivity contribution in [3.05, 3.63) is 41.6 Å². The van der Waals surface area contributed by atoms with Crippen LogP contribution in [-0.4, -0.2) is 34.7 Å². The SMILES string of the molecule is Cc1cnnc(N2CCC3(CC2)Nc2ccccc2NC3=O)c1C. The molecule has 1 amide bonds. The average Bonchev–Trinajstić information content (AvgIpc) is 2.59. The summed E-state index contributed by atoms with van der Waals surface area (Å²) in [7, 11) is 0. The van der Waals surface area contributed by atoms with E-state index in [9.17, 15) is 4.79 Å². The van der Waals surface area contributed by atoms with Crippen molar-refractivity contribution in [3.63, 3.8) is 0 Å². The summed E-state index contributed by atoms with van der Waals surface area (Å²) in [6.45, 7) is 5.68. The maximum Gasteiger partial charge on any atom is 0.250 e. The zero-order valence-electron chi connectivity index (χ0n) is 14.0. The van der Waals surface area contributed by atoms with Crippen LogP contribution in [-0.2, 0) is 4.79 Å². The van der Waals surface area contributed by atoms with E-state index >= 15 is 0 Å². The molecule has 0 atom stereocenters. The highest BCUT2D eigenvalue weighted by atomic mass is 16.2. The molecule has 3 heterocycles. The molecule has 1 aromatic heterocycles. The van der Waals surface area contributed by atoms with Gasteiger partial charge < -0.3 is 15.5 Å². The van der Waals surface area contributed by atoms with E-state index in [0.29, 0.717) is 0 Å². The van der Waals surface area contributed by atoms with Gasteiger partial charge in [0.2, 0.25) is 5.91 Å². The minimum absolute atomic E-state index is 0.0629. The number of aryl methyl sites for hydroxylation is 1. The van der Waals surface area contributed by atoms with Gasteiger partial charge in [-0.25, -0.2) is 0 Å². The van der Waals surface area contributed by atoms with Gasteiger partial charge in [0.1, 0.15) is 5.54 Å². The summed E-state index contributed by atoms with van der Waals surface area (Å²) in [5.41, 5.74) is 3.62. The maximum atomic E-state index is 12.7. The lowest BCUT2D eigenvalue weighted by molar-refractivity contribution is -0.121. The van der Waals surface area contributed by atoms with Crippen LogP contribution in [0.25, 0.3) is 0 Å². The van der Waals surface area contributed by atoms with Crippen LogP contribution in [0.4, 0.5) is 17.2 Å². The third-order valence-electron chi connectivity index (χ3n) is 5.23. The van der Waals surface area contributed by atoms with Crippen molar-refractivity contribution in [3.8, 4) is 0 Å². The van der Waals surface area contributed by atoms with E-state index in [-0.39, 0.29) is 5.91 Å². The second-order valence-corrected chi connectivity index (χ2v) is 6.67. The molecule has 0 radical (unpaired) electrons. The van der Waals surface area contributed by atoms with Gasteiger partial charge in [-0.2, -0.15) is 5.10 Å². The van der Waals surface area contributed by atoms with Crippen LogP contribution in [0, 0.1) is 13.8 Å². The first-order valence-electron chi connectivity index (χ1n) is 8.32. The molecule has 1 fully saturated rings. The third-order valence-corrected chi connectivity index (χ3v) is 5.23. The molecule has 0 bridgehead atoms. The number of amides is 1. The molecular weight excluding hydrogens is 302 g/mol. The summed E-state index contributed by atoms with van der Waals surface area (Å²) in [5.74, 6) is 0.995. The Bertz CT molecular complexity index is 796. The van der Waals surface area contributed by atoms with Crippen LogP contribution in [0.3, 0.4) is 0 Å². The number of carbonyl (C=O) groups excluding carboxylic acids is 1. The highest BCUT2D eigenvalue weighted by molar-refractivity contribution is 6.06. The number of aromatic nitrogens is 2. The number of para-hydroxylation sites is 2. The number of fused-ring (bicyclic) bond motifs is 1. The van der Waals surface area contributed by atoms with Crippen molar-refractivity contribution in [1.29, 1.82) is 0 Å². The number of rotatable bonds is 1. The van der Waals surface area contributed by atoms with Gasteiger partial charge in [0, 0.05) is 13.1 Å². The van der Waals surface area contributed by atoms with Crippen LogP contribution in [0.1, 0.15) is 24.0 Å². The van der Waals surface area contributed by atoms with E-state index in [1.807, 2.05) is 31.2 Å². The van der Waals surface area contributed by atoms with Crippen molar-refractivity contribution in [1.82, 2.24) is 10.2 Å². The van der Waals surface area contributed by atoms with Gasteiger partial charge in [-0.15, -0.1) is 5.10 Å². The summed E-state index contributed by atoms with van der Waals surface area (Å²) in [5, 5.41) is 14.9. The second kappa shape index (κ2) is 5.47. The summed E-state index contributed by atoms with van der Waals surface area (Å²) >= 11 is 0. The number of hydrogen-bond donors (Lipinski definition) is 2. The fourth-order valence-corrected chi connectivity index (χ4v) is 3.53. The largest absolute Gasteiger partial charge is 0.369 e. The standard InChI is InChI=1S/C18H21N5O/c1-12-11-19-22-16(13(12)2)23-9-7-18(8-10-23)17(24)20-14-5-3-4-6-15(14)21-18/h3-6,11,21H,7-10H2,1-2H3,(H,20,24). The molecule has 1 saturated heterocycles. The zero-order chi connectivity index (χ0) is 16.7. The number of nitrogens with one attached hydrogen (secondary N) is 2. The summed E-state index contributed by atoms with van der Waals surface area (Å²) in [4.78, 5) is 14.9. The van der Waals surface area contributed by atoms with Gasteiger partial charge in [0.05, 0.1) is 17.6 Å². The lowest BCUT2D eigenvalue weighted by Crippen LogP contribution is -2.58. The third kappa shape index (κ3) is 2.29. The molecule has 6 heteroatoms. The Morgan fingerprint density at radius 1 is 1.12 bits per heavy atom. The van der Waals surface area contributed by atoms with Crippen molar-refractivity contribution >= 4 is 23.1 Å². The van der Waals surface area contributed by atoms with Crippen molar-refractivity contribution < 1.29 is 4.79 Å². The van der Waals surface area contributed by atoms with Gasteiger partial charge in [-0.05, 0) is 49.9 Å². The molecule has 6 nitrogen and oxygen atoms in total. The van der Waals surface area contributed by atoms with Crippen molar-refractivity contribution in [2.45, 2.75) is 32.2 Å². The summed E-state index contributed by atoms with van der Waals surface area (Å²) in [6, 6.07) is 7.85. The molecule has 24 heavy (non-hydrogen) atoms. The topological polar surface area (TPSA) is 70.2 Å². The highest BCUT2D eigenvalue weighted by Gasteiger charge is 2.44. The van der Waals surface area contributed by atoms with E-state index in [1.54, 1.807) is 6.20 Å². The molecule has 0 unspecified atom stereocenters. The van der Waals surface area contributed by atoms with E-state index in [1.165, 1.54) is 0 Å². The Hall–Kier alpha value is -2.63. The molecule has 2 aromatic rings. The number of benzene rings is 1. The first-order valence-corrected chi connectivity index (χ1v) is 8.32. The molecule has 0 aliphatic carbocycles. The van der Waals surface area contributed by atoms with E-state index in [0.717, 1.165) is 54.3 Å². The maximum absolute atomic E-state index is 12.7. The number of piperidine rings is 1. The summed E-state index contributed by atoms with van der Waals surface area (Å²) in [6.07, 6.45) is 3.27. The van der Waals surface area contributed by atoms with E-state index in [2.05, 4.69) is 32.7 Å².